The van der Waals surface area contributed by atoms with Gasteiger partial charge < -0.3 is 10.5 Å². The molecule has 1 aliphatic heterocycles. The van der Waals surface area contributed by atoms with Gasteiger partial charge >= 0.3 is 5.97 Å². The Morgan fingerprint density at radius 3 is 2.35 bits per heavy atom. The van der Waals surface area contributed by atoms with Crippen LogP contribution in [0.15, 0.2) is 65.8 Å². The molecule has 3 rings (SSSR count). The number of carbonyl (C=O) groups is 2. The lowest BCUT2D eigenvalue weighted by molar-refractivity contribution is -0.384. The number of ether oxygens (including phenoxy) is 1. The summed E-state index contributed by atoms with van der Waals surface area (Å²) in [7, 11) is 0. The molecule has 1 amide bonds. The molecule has 0 radical (unpaired) electrons. The number of para-hydroxylation sites is 1. The van der Waals surface area contributed by atoms with E-state index in [2.05, 4.69) is 24.7 Å². The van der Waals surface area contributed by atoms with Crippen LogP contribution in [0, 0.1) is 10.1 Å². The highest BCUT2D eigenvalue weighted by molar-refractivity contribution is 6.32. The summed E-state index contributed by atoms with van der Waals surface area (Å²) < 4.78 is 4.80. The van der Waals surface area contributed by atoms with Gasteiger partial charge in [-0.15, -0.1) is 0 Å². The first-order chi connectivity index (χ1) is 14.8. The van der Waals surface area contributed by atoms with Crippen LogP contribution in [0.3, 0.4) is 0 Å². The smallest absolute Gasteiger partial charge is 0.311 e. The average molecular weight is 424 g/mol. The Kier molecular flexibility index (Phi) is 8.01. The van der Waals surface area contributed by atoms with Gasteiger partial charge in [0.05, 0.1) is 34.9 Å². The van der Waals surface area contributed by atoms with Gasteiger partial charge in [-0.2, -0.15) is 10.1 Å². The third-order valence-corrected chi connectivity index (χ3v) is 4.38. The van der Waals surface area contributed by atoms with Crippen molar-refractivity contribution < 1.29 is 19.2 Å². The van der Waals surface area contributed by atoms with Gasteiger partial charge in [-0.1, -0.05) is 31.7 Å². The number of amides is 1. The van der Waals surface area contributed by atoms with Crippen molar-refractivity contribution >= 4 is 34.7 Å². The highest BCUT2D eigenvalue weighted by Crippen LogP contribution is 2.25. The standard InChI is InChI=1S/C14H13N3O5.C8H11N/c1-3-22-13(18)8-12-9(2)14(19)16(15-12)10-4-6-11(7-5-10)17(20)21;1-2-7-5-3-4-6-8(7)9/h4-7H,2-3,8H2,1H3;3-6H,2,9H2,1H3. The van der Waals surface area contributed by atoms with Crippen molar-refractivity contribution in [1.82, 2.24) is 0 Å². The van der Waals surface area contributed by atoms with Crippen molar-refractivity contribution in [2.45, 2.75) is 26.7 Å². The predicted octanol–water partition coefficient (Wildman–Crippen LogP) is 3.64. The van der Waals surface area contributed by atoms with E-state index in [0.717, 1.165) is 17.1 Å². The molecule has 0 saturated heterocycles. The first-order valence-electron chi connectivity index (χ1n) is 9.63. The van der Waals surface area contributed by atoms with E-state index in [9.17, 15) is 19.7 Å². The Bertz CT molecular complexity index is 1010. The number of carbonyl (C=O) groups excluding carboxylic acids is 2. The van der Waals surface area contributed by atoms with E-state index in [-0.39, 0.29) is 30.0 Å². The van der Waals surface area contributed by atoms with Crippen LogP contribution in [0.5, 0.6) is 0 Å². The van der Waals surface area contributed by atoms with E-state index < -0.39 is 16.8 Å². The molecule has 0 bridgehead atoms. The molecule has 0 spiro atoms. The van der Waals surface area contributed by atoms with E-state index in [4.69, 9.17) is 10.5 Å². The molecule has 2 N–H and O–H groups in total. The van der Waals surface area contributed by atoms with E-state index >= 15 is 0 Å². The molecular formula is C22H24N4O5. The molecule has 2 aromatic rings. The molecule has 0 atom stereocenters. The number of aryl methyl sites for hydroxylation is 1. The first kappa shape index (κ1) is 23.3. The second kappa shape index (κ2) is 10.7. The number of hydrazone groups is 1. The molecule has 2 aromatic carbocycles. The topological polar surface area (TPSA) is 128 Å². The monoisotopic (exact) mass is 424 g/mol. The molecule has 0 fully saturated rings. The Morgan fingerprint density at radius 2 is 1.84 bits per heavy atom. The molecule has 0 saturated carbocycles. The number of nitro groups is 1. The second-order valence-corrected chi connectivity index (χ2v) is 6.45. The third-order valence-electron chi connectivity index (χ3n) is 4.38. The fourth-order valence-electron chi connectivity index (χ4n) is 2.72. The van der Waals surface area contributed by atoms with Crippen LogP contribution in [0.2, 0.25) is 0 Å². The quantitative estimate of drug-likeness (QED) is 0.248. The van der Waals surface area contributed by atoms with Gasteiger partial charge in [0.25, 0.3) is 11.6 Å². The fraction of sp³-hybridized carbons (Fsp3) is 0.227. The minimum absolute atomic E-state index is 0.0926. The van der Waals surface area contributed by atoms with Crippen molar-refractivity contribution in [3.8, 4) is 0 Å². The minimum Gasteiger partial charge on any atom is -0.466 e. The molecule has 0 unspecified atom stereocenters. The Hall–Kier alpha value is -4.01. The first-order valence-corrected chi connectivity index (χ1v) is 9.63. The van der Waals surface area contributed by atoms with Crippen LogP contribution < -0.4 is 10.7 Å². The number of nitrogen functional groups attached to an aromatic ring is 1. The summed E-state index contributed by atoms with van der Waals surface area (Å²) in [5, 5.41) is 15.7. The highest BCUT2D eigenvalue weighted by atomic mass is 16.6. The third kappa shape index (κ3) is 5.99. The summed E-state index contributed by atoms with van der Waals surface area (Å²) in [5.41, 5.74) is 8.36. The Morgan fingerprint density at radius 1 is 1.19 bits per heavy atom. The zero-order chi connectivity index (χ0) is 23.0. The molecule has 9 nitrogen and oxygen atoms in total. The summed E-state index contributed by atoms with van der Waals surface area (Å²) in [6.45, 7) is 7.63. The van der Waals surface area contributed by atoms with Crippen LogP contribution >= 0.6 is 0 Å². The maximum atomic E-state index is 12.1. The number of benzene rings is 2. The molecule has 1 aliphatic rings. The fourth-order valence-corrected chi connectivity index (χ4v) is 2.72. The molecule has 1 heterocycles. The van der Waals surface area contributed by atoms with E-state index in [1.165, 1.54) is 29.8 Å². The van der Waals surface area contributed by atoms with Crippen LogP contribution in [0.1, 0.15) is 25.8 Å². The molecular weight excluding hydrogens is 400 g/mol. The van der Waals surface area contributed by atoms with Gasteiger partial charge in [0.2, 0.25) is 0 Å². The summed E-state index contributed by atoms with van der Waals surface area (Å²) in [5.74, 6) is -0.978. The zero-order valence-corrected chi connectivity index (χ0v) is 17.4. The van der Waals surface area contributed by atoms with Gasteiger partial charge in [-0.3, -0.25) is 19.7 Å². The number of nitrogens with zero attached hydrogens (tertiary/aromatic N) is 3. The molecule has 0 aromatic heterocycles. The molecule has 0 aliphatic carbocycles. The molecule has 31 heavy (non-hydrogen) atoms. The van der Waals surface area contributed by atoms with Crippen molar-refractivity contribution in [1.29, 1.82) is 0 Å². The van der Waals surface area contributed by atoms with Crippen LogP contribution in [-0.4, -0.2) is 29.1 Å². The van der Waals surface area contributed by atoms with Gasteiger partial charge in [0.1, 0.15) is 0 Å². The maximum Gasteiger partial charge on any atom is 0.311 e. The average Bonchev–Trinajstić information content (AvgIpc) is 3.03. The van der Waals surface area contributed by atoms with Crippen LogP contribution in [0.4, 0.5) is 17.1 Å². The van der Waals surface area contributed by atoms with Crippen LogP contribution in [0.25, 0.3) is 0 Å². The van der Waals surface area contributed by atoms with E-state index in [0.29, 0.717) is 5.69 Å². The summed E-state index contributed by atoms with van der Waals surface area (Å²) >= 11 is 0. The zero-order valence-electron chi connectivity index (χ0n) is 17.4. The summed E-state index contributed by atoms with van der Waals surface area (Å²) in [6.07, 6.45) is 0.870. The SMILES string of the molecule is C=C1C(=O)N(c2ccc([N+](=O)[O-])cc2)N=C1CC(=O)OCC.CCc1ccccc1N. The van der Waals surface area contributed by atoms with Gasteiger partial charge in [-0.25, -0.2) is 0 Å². The van der Waals surface area contributed by atoms with E-state index in [1.807, 2.05) is 18.2 Å². The Balaban J connectivity index is 0.000000316. The number of hydrogen-bond donors (Lipinski definition) is 1. The van der Waals surface area contributed by atoms with E-state index in [1.54, 1.807) is 6.92 Å². The number of hydrogen-bond acceptors (Lipinski definition) is 7. The lowest BCUT2D eigenvalue weighted by Gasteiger charge is -2.10. The second-order valence-electron chi connectivity index (χ2n) is 6.45. The van der Waals surface area contributed by atoms with Gasteiger partial charge in [0.15, 0.2) is 0 Å². The number of nitrogens with two attached hydrogens (primary N) is 1. The van der Waals surface area contributed by atoms with Crippen molar-refractivity contribution in [3.05, 3.63) is 76.4 Å². The number of anilines is 2. The number of nitro benzene ring substituents is 1. The molecule has 162 valence electrons. The normalized spacial score (nSPS) is 12.7. The predicted molar refractivity (Wildman–Crippen MR) is 119 cm³/mol. The maximum absolute atomic E-state index is 12.1. The van der Waals surface area contributed by atoms with Gasteiger partial charge in [0, 0.05) is 17.8 Å². The summed E-state index contributed by atoms with van der Waals surface area (Å²) in [6, 6.07) is 13.3. The Labute approximate surface area is 180 Å². The van der Waals surface area contributed by atoms with Gasteiger partial charge in [-0.05, 0) is 37.1 Å². The van der Waals surface area contributed by atoms with Crippen molar-refractivity contribution in [3.63, 3.8) is 0 Å². The van der Waals surface area contributed by atoms with Crippen molar-refractivity contribution in [2.75, 3.05) is 17.3 Å². The molecule has 9 heteroatoms. The number of rotatable bonds is 6. The number of esters is 1. The minimum atomic E-state index is -0.538. The number of non-ortho nitro benzene ring substituents is 1. The largest absolute Gasteiger partial charge is 0.466 e. The van der Waals surface area contributed by atoms with Crippen LogP contribution in [-0.2, 0) is 20.7 Å². The van der Waals surface area contributed by atoms with Crippen molar-refractivity contribution in [2.24, 2.45) is 5.10 Å². The lowest BCUT2D eigenvalue weighted by Crippen LogP contribution is -2.21. The lowest BCUT2D eigenvalue weighted by atomic mass is 10.1. The summed E-state index contributed by atoms with van der Waals surface area (Å²) in [4.78, 5) is 33.6. The highest BCUT2D eigenvalue weighted by Gasteiger charge is 2.31.